The van der Waals surface area contributed by atoms with Crippen molar-refractivity contribution in [2.24, 2.45) is 0 Å². The van der Waals surface area contributed by atoms with Crippen LogP contribution in [0.5, 0.6) is 0 Å². The van der Waals surface area contributed by atoms with Gasteiger partial charge in [-0.1, -0.05) is 24.6 Å². The number of benzene rings is 1. The minimum atomic E-state index is 0.471. The van der Waals surface area contributed by atoms with E-state index in [1.165, 1.54) is 11.1 Å². The van der Waals surface area contributed by atoms with Crippen molar-refractivity contribution in [3.63, 3.8) is 0 Å². The maximum absolute atomic E-state index is 5.98. The average molecular weight is 241 g/mol. The predicted molar refractivity (Wildman–Crippen MR) is 71.0 cm³/mol. The summed E-state index contributed by atoms with van der Waals surface area (Å²) in [6, 6.07) is 6.50. The van der Waals surface area contributed by atoms with E-state index in [-0.39, 0.29) is 0 Å². The van der Waals surface area contributed by atoms with E-state index in [9.17, 15) is 0 Å². The molecule has 1 atom stereocenters. The molecule has 0 amide bonds. The summed E-state index contributed by atoms with van der Waals surface area (Å²) in [5.74, 6) is 0. The summed E-state index contributed by atoms with van der Waals surface area (Å²) in [6.07, 6.45) is 0. The van der Waals surface area contributed by atoms with Gasteiger partial charge in [-0.3, -0.25) is 0 Å². The monoisotopic (exact) mass is 240 g/mol. The highest BCUT2D eigenvalue weighted by atomic mass is 35.5. The standard InChI is InChI=1S/C13H21ClN2/c1-4-15-8-11(3)16-9-12-7-13(14)6-5-10(12)2/h5-7,11,15-16H,4,8-9H2,1-3H3. The molecule has 1 rings (SSSR count). The zero-order valence-electron chi connectivity index (χ0n) is 10.3. The first kappa shape index (κ1) is 13.5. The molecular formula is C13H21ClN2. The first-order chi connectivity index (χ1) is 7.63. The fourth-order valence-corrected chi connectivity index (χ4v) is 1.74. The lowest BCUT2D eigenvalue weighted by atomic mass is 10.1. The molecule has 3 heteroatoms. The minimum absolute atomic E-state index is 0.471. The molecule has 2 N–H and O–H groups in total. The van der Waals surface area contributed by atoms with Gasteiger partial charge in [0.25, 0.3) is 0 Å². The summed E-state index contributed by atoms with van der Waals surface area (Å²) in [4.78, 5) is 0. The molecular weight excluding hydrogens is 220 g/mol. The number of nitrogens with one attached hydrogen (secondary N) is 2. The maximum Gasteiger partial charge on any atom is 0.0409 e. The predicted octanol–water partition coefficient (Wildman–Crippen LogP) is 2.74. The number of halogens is 1. The molecule has 0 saturated carbocycles. The van der Waals surface area contributed by atoms with Crippen molar-refractivity contribution in [2.75, 3.05) is 13.1 Å². The van der Waals surface area contributed by atoms with E-state index < -0.39 is 0 Å². The summed E-state index contributed by atoms with van der Waals surface area (Å²) in [5.41, 5.74) is 2.56. The van der Waals surface area contributed by atoms with Crippen molar-refractivity contribution >= 4 is 11.6 Å². The van der Waals surface area contributed by atoms with Gasteiger partial charge in [-0.2, -0.15) is 0 Å². The second-order valence-electron chi connectivity index (χ2n) is 4.16. The van der Waals surface area contributed by atoms with E-state index in [0.29, 0.717) is 6.04 Å². The van der Waals surface area contributed by atoms with E-state index in [0.717, 1.165) is 24.7 Å². The molecule has 0 bridgehead atoms. The highest BCUT2D eigenvalue weighted by molar-refractivity contribution is 6.30. The third-order valence-electron chi connectivity index (χ3n) is 2.65. The Kier molecular flexibility index (Phi) is 5.81. The summed E-state index contributed by atoms with van der Waals surface area (Å²) >= 11 is 5.98. The molecule has 0 aliphatic carbocycles. The molecule has 0 heterocycles. The van der Waals surface area contributed by atoms with Crippen LogP contribution in [0.2, 0.25) is 5.02 Å². The van der Waals surface area contributed by atoms with Crippen LogP contribution in [0.15, 0.2) is 18.2 Å². The molecule has 1 unspecified atom stereocenters. The van der Waals surface area contributed by atoms with Crippen molar-refractivity contribution in [1.82, 2.24) is 10.6 Å². The topological polar surface area (TPSA) is 24.1 Å². The molecule has 1 aromatic carbocycles. The van der Waals surface area contributed by atoms with Crippen LogP contribution in [0.25, 0.3) is 0 Å². The Morgan fingerprint density at radius 3 is 2.81 bits per heavy atom. The summed E-state index contributed by atoms with van der Waals surface area (Å²) in [6.45, 7) is 9.30. The van der Waals surface area contributed by atoms with Gasteiger partial charge in [0.1, 0.15) is 0 Å². The summed E-state index contributed by atoms with van der Waals surface area (Å²) < 4.78 is 0. The Morgan fingerprint density at radius 2 is 2.12 bits per heavy atom. The highest BCUT2D eigenvalue weighted by Crippen LogP contribution is 2.15. The molecule has 1 aromatic rings. The van der Waals surface area contributed by atoms with Gasteiger partial charge in [0.15, 0.2) is 0 Å². The normalized spacial score (nSPS) is 12.8. The molecule has 2 nitrogen and oxygen atoms in total. The average Bonchev–Trinajstić information content (AvgIpc) is 2.27. The first-order valence-corrected chi connectivity index (χ1v) is 6.20. The van der Waals surface area contributed by atoms with Crippen molar-refractivity contribution in [3.05, 3.63) is 34.3 Å². The van der Waals surface area contributed by atoms with Crippen LogP contribution in [0, 0.1) is 6.92 Å². The SMILES string of the molecule is CCNCC(C)NCc1cc(Cl)ccc1C. The number of likely N-dealkylation sites (N-methyl/N-ethyl adjacent to an activating group) is 1. The molecule has 0 radical (unpaired) electrons. The van der Waals surface area contributed by atoms with E-state index in [1.807, 2.05) is 12.1 Å². The molecule has 90 valence electrons. The quantitative estimate of drug-likeness (QED) is 0.799. The Hall–Kier alpha value is -0.570. The Morgan fingerprint density at radius 1 is 1.38 bits per heavy atom. The van der Waals surface area contributed by atoms with Gasteiger partial charge in [0, 0.05) is 24.2 Å². The maximum atomic E-state index is 5.98. The van der Waals surface area contributed by atoms with Crippen molar-refractivity contribution in [3.8, 4) is 0 Å². The molecule has 0 fully saturated rings. The number of aryl methyl sites for hydroxylation is 1. The Bertz CT molecular complexity index is 326. The summed E-state index contributed by atoms with van der Waals surface area (Å²) in [5, 5.41) is 7.61. The lowest BCUT2D eigenvalue weighted by Gasteiger charge is -2.15. The van der Waals surface area contributed by atoms with Gasteiger partial charge in [-0.25, -0.2) is 0 Å². The van der Waals surface area contributed by atoms with Crippen LogP contribution in [0.4, 0.5) is 0 Å². The molecule has 0 aliphatic rings. The summed E-state index contributed by atoms with van der Waals surface area (Å²) in [7, 11) is 0. The van der Waals surface area contributed by atoms with Crippen molar-refractivity contribution in [1.29, 1.82) is 0 Å². The zero-order chi connectivity index (χ0) is 12.0. The van der Waals surface area contributed by atoms with E-state index in [2.05, 4.69) is 37.5 Å². The fraction of sp³-hybridized carbons (Fsp3) is 0.538. The van der Waals surface area contributed by atoms with Crippen LogP contribution in [-0.4, -0.2) is 19.1 Å². The van der Waals surface area contributed by atoms with Crippen molar-refractivity contribution in [2.45, 2.75) is 33.4 Å². The zero-order valence-corrected chi connectivity index (χ0v) is 11.1. The van der Waals surface area contributed by atoms with Crippen LogP contribution < -0.4 is 10.6 Å². The van der Waals surface area contributed by atoms with Gasteiger partial charge >= 0.3 is 0 Å². The third-order valence-corrected chi connectivity index (χ3v) is 2.89. The third kappa shape index (κ3) is 4.52. The largest absolute Gasteiger partial charge is 0.315 e. The number of rotatable bonds is 6. The molecule has 0 aromatic heterocycles. The second kappa shape index (κ2) is 6.89. The smallest absolute Gasteiger partial charge is 0.0409 e. The van der Waals surface area contributed by atoms with Gasteiger partial charge in [-0.15, -0.1) is 0 Å². The van der Waals surface area contributed by atoms with Gasteiger partial charge in [0.05, 0.1) is 0 Å². The second-order valence-corrected chi connectivity index (χ2v) is 4.60. The van der Waals surface area contributed by atoms with Crippen molar-refractivity contribution < 1.29 is 0 Å². The van der Waals surface area contributed by atoms with Gasteiger partial charge in [0.2, 0.25) is 0 Å². The van der Waals surface area contributed by atoms with Crippen LogP contribution in [0.3, 0.4) is 0 Å². The van der Waals surface area contributed by atoms with Crippen LogP contribution >= 0.6 is 11.6 Å². The number of hydrogen-bond acceptors (Lipinski definition) is 2. The van der Waals surface area contributed by atoms with E-state index >= 15 is 0 Å². The lowest BCUT2D eigenvalue weighted by molar-refractivity contribution is 0.508. The van der Waals surface area contributed by atoms with Crippen LogP contribution in [-0.2, 0) is 6.54 Å². The molecule has 0 saturated heterocycles. The Labute approximate surface area is 103 Å². The molecule has 16 heavy (non-hydrogen) atoms. The van der Waals surface area contributed by atoms with Crippen LogP contribution in [0.1, 0.15) is 25.0 Å². The first-order valence-electron chi connectivity index (χ1n) is 5.82. The van der Waals surface area contributed by atoms with E-state index in [4.69, 9.17) is 11.6 Å². The highest BCUT2D eigenvalue weighted by Gasteiger charge is 2.03. The minimum Gasteiger partial charge on any atom is -0.315 e. The van der Waals surface area contributed by atoms with Gasteiger partial charge in [-0.05, 0) is 43.7 Å². The Balaban J connectivity index is 2.44. The molecule has 0 aliphatic heterocycles. The van der Waals surface area contributed by atoms with Gasteiger partial charge < -0.3 is 10.6 Å². The number of hydrogen-bond donors (Lipinski definition) is 2. The van der Waals surface area contributed by atoms with E-state index in [1.54, 1.807) is 0 Å². The lowest BCUT2D eigenvalue weighted by Crippen LogP contribution is -2.35. The fourth-order valence-electron chi connectivity index (χ4n) is 1.55. The molecule has 0 spiro atoms.